The number of carbonyl (C=O) groups excluding carboxylic acids is 2. The molecule has 6 rings (SSSR count). The Hall–Kier alpha value is -4.88. The monoisotopic (exact) mass is 600 g/mol. The molecule has 0 saturated heterocycles. The molecule has 44 heavy (non-hydrogen) atoms. The predicted molar refractivity (Wildman–Crippen MR) is 179 cm³/mol. The number of aromatic nitrogens is 1. The number of fused-ring (bicyclic) bond motifs is 4. The van der Waals surface area contributed by atoms with Crippen LogP contribution >= 0.6 is 11.8 Å². The summed E-state index contributed by atoms with van der Waals surface area (Å²) in [5.41, 5.74) is 5.40. The Morgan fingerprint density at radius 3 is 2.09 bits per heavy atom. The van der Waals surface area contributed by atoms with Gasteiger partial charge in [0.25, 0.3) is 0 Å². The highest BCUT2D eigenvalue weighted by Crippen LogP contribution is 2.35. The molecule has 0 N–H and O–H groups in total. The molecular formula is C37H32N2O4S. The van der Waals surface area contributed by atoms with Gasteiger partial charge in [-0.3, -0.25) is 4.79 Å². The van der Waals surface area contributed by atoms with Gasteiger partial charge < -0.3 is 14.1 Å². The number of rotatable bonds is 9. The number of oxime groups is 1. The topological polar surface area (TPSA) is 69.9 Å². The van der Waals surface area contributed by atoms with Crippen LogP contribution in [0.25, 0.3) is 32.6 Å². The van der Waals surface area contributed by atoms with E-state index in [2.05, 4.69) is 28.8 Å². The van der Waals surface area contributed by atoms with Gasteiger partial charge in [0.2, 0.25) is 0 Å². The first kappa shape index (κ1) is 29.2. The first-order valence-corrected chi connectivity index (χ1v) is 15.8. The third-order valence-electron chi connectivity index (χ3n) is 7.76. The van der Waals surface area contributed by atoms with Crippen molar-refractivity contribution in [1.29, 1.82) is 0 Å². The van der Waals surface area contributed by atoms with Crippen LogP contribution in [0.4, 0.5) is 0 Å². The van der Waals surface area contributed by atoms with Gasteiger partial charge >= 0.3 is 5.97 Å². The number of ketones is 1. The molecule has 0 aliphatic rings. The summed E-state index contributed by atoms with van der Waals surface area (Å²) in [6.45, 7) is 6.58. The van der Waals surface area contributed by atoms with Crippen LogP contribution in [-0.2, 0) is 16.2 Å². The SMILES string of the molecule is CCOc1ccc2ccccc2c1C(=O)c1ccc2c(c1)c1cc(/C(=N\OC(C)=O)c3ccc(SC)cc3)ccc1n2CC. The normalized spacial score (nSPS) is 11.8. The lowest BCUT2D eigenvalue weighted by atomic mass is 9.95. The molecule has 0 amide bonds. The van der Waals surface area contributed by atoms with Crippen molar-refractivity contribution in [2.75, 3.05) is 12.9 Å². The van der Waals surface area contributed by atoms with E-state index < -0.39 is 5.97 Å². The third kappa shape index (κ3) is 5.35. The van der Waals surface area contributed by atoms with E-state index in [1.54, 1.807) is 11.8 Å². The molecule has 7 heteroatoms. The average molecular weight is 601 g/mol. The third-order valence-corrected chi connectivity index (χ3v) is 8.51. The van der Waals surface area contributed by atoms with Crippen molar-refractivity contribution in [3.63, 3.8) is 0 Å². The second-order valence-electron chi connectivity index (χ2n) is 10.4. The van der Waals surface area contributed by atoms with Crippen LogP contribution in [0.15, 0.2) is 107 Å². The van der Waals surface area contributed by atoms with Crippen molar-refractivity contribution in [3.05, 3.63) is 119 Å². The summed E-state index contributed by atoms with van der Waals surface area (Å²) in [5.74, 6) is -0.00464. The second-order valence-corrected chi connectivity index (χ2v) is 11.3. The fourth-order valence-electron chi connectivity index (χ4n) is 5.77. The summed E-state index contributed by atoms with van der Waals surface area (Å²) in [4.78, 5) is 32.2. The van der Waals surface area contributed by atoms with E-state index in [1.165, 1.54) is 6.92 Å². The van der Waals surface area contributed by atoms with Crippen molar-refractivity contribution in [2.45, 2.75) is 32.2 Å². The molecule has 0 aliphatic heterocycles. The van der Waals surface area contributed by atoms with E-state index in [9.17, 15) is 9.59 Å². The van der Waals surface area contributed by atoms with Gasteiger partial charge in [-0.05, 0) is 79.4 Å². The minimum absolute atomic E-state index is 0.0910. The van der Waals surface area contributed by atoms with Crippen LogP contribution in [-0.4, -0.2) is 34.9 Å². The molecule has 1 aromatic heterocycles. The first-order valence-electron chi connectivity index (χ1n) is 14.6. The zero-order chi connectivity index (χ0) is 30.8. The van der Waals surface area contributed by atoms with Crippen molar-refractivity contribution < 1.29 is 19.2 Å². The van der Waals surface area contributed by atoms with Crippen LogP contribution in [0.5, 0.6) is 5.75 Å². The Balaban J connectivity index is 1.53. The number of thioether (sulfide) groups is 1. The first-order chi connectivity index (χ1) is 21.4. The standard InChI is InChI=1S/C37H32N2O4S/c1-5-39-32-18-13-26(36(38-43-23(3)40)25-11-16-28(44-4)17-12-25)21-30(32)31-22-27(14-19-33(31)39)37(41)35-29-10-8-7-9-24(29)15-20-34(35)42-6-2/h7-22H,5-6H2,1-4H3/b38-36-. The maximum absolute atomic E-state index is 14.2. The number of hydrogen-bond donors (Lipinski definition) is 0. The molecule has 6 nitrogen and oxygen atoms in total. The Bertz CT molecular complexity index is 2080. The van der Waals surface area contributed by atoms with E-state index in [-0.39, 0.29) is 5.78 Å². The van der Waals surface area contributed by atoms with Crippen LogP contribution < -0.4 is 4.74 Å². The second kappa shape index (κ2) is 12.4. The molecule has 0 aliphatic carbocycles. The van der Waals surface area contributed by atoms with E-state index in [4.69, 9.17) is 9.57 Å². The van der Waals surface area contributed by atoms with Crippen molar-refractivity contribution >= 4 is 61.8 Å². The number of carbonyl (C=O) groups is 2. The fraction of sp³-hybridized carbons (Fsp3) is 0.162. The molecule has 0 bridgehead atoms. The molecule has 5 aromatic carbocycles. The zero-order valence-corrected chi connectivity index (χ0v) is 25.9. The number of aryl methyl sites for hydroxylation is 1. The van der Waals surface area contributed by atoms with Gasteiger partial charge in [0.1, 0.15) is 11.5 Å². The van der Waals surface area contributed by atoms with Crippen molar-refractivity contribution in [3.8, 4) is 5.75 Å². The number of ether oxygens (including phenoxy) is 1. The van der Waals surface area contributed by atoms with Gasteiger partial charge in [0, 0.05) is 56.9 Å². The lowest BCUT2D eigenvalue weighted by Crippen LogP contribution is -2.06. The molecule has 0 radical (unpaired) electrons. The molecule has 220 valence electrons. The maximum Gasteiger partial charge on any atom is 0.332 e. The highest BCUT2D eigenvalue weighted by Gasteiger charge is 2.21. The summed E-state index contributed by atoms with van der Waals surface area (Å²) in [7, 11) is 0. The molecule has 0 atom stereocenters. The largest absolute Gasteiger partial charge is 0.493 e. The minimum atomic E-state index is -0.491. The quantitative estimate of drug-likeness (QED) is 0.0546. The average Bonchev–Trinajstić information content (AvgIpc) is 3.37. The van der Waals surface area contributed by atoms with Gasteiger partial charge in [-0.1, -0.05) is 53.7 Å². The van der Waals surface area contributed by atoms with Gasteiger partial charge in [0.05, 0.1) is 12.2 Å². The van der Waals surface area contributed by atoms with Crippen LogP contribution in [0.2, 0.25) is 0 Å². The molecule has 0 spiro atoms. The lowest BCUT2D eigenvalue weighted by Gasteiger charge is -2.13. The van der Waals surface area contributed by atoms with Crippen LogP contribution in [0.3, 0.4) is 0 Å². The smallest absolute Gasteiger partial charge is 0.332 e. The Morgan fingerprint density at radius 2 is 1.43 bits per heavy atom. The summed E-state index contributed by atoms with van der Waals surface area (Å²) >= 11 is 1.65. The fourth-order valence-corrected chi connectivity index (χ4v) is 6.18. The summed E-state index contributed by atoms with van der Waals surface area (Å²) in [6.07, 6.45) is 2.03. The molecular weight excluding hydrogens is 568 g/mol. The van der Waals surface area contributed by atoms with Crippen molar-refractivity contribution in [1.82, 2.24) is 4.57 Å². The summed E-state index contributed by atoms with van der Waals surface area (Å²) < 4.78 is 8.17. The molecule has 1 heterocycles. The van der Waals surface area contributed by atoms with Gasteiger partial charge in [-0.25, -0.2) is 4.79 Å². The maximum atomic E-state index is 14.2. The zero-order valence-electron chi connectivity index (χ0n) is 25.1. The summed E-state index contributed by atoms with van der Waals surface area (Å²) in [5, 5.41) is 8.04. The number of hydrogen-bond acceptors (Lipinski definition) is 6. The molecule has 0 fully saturated rings. The minimum Gasteiger partial charge on any atom is -0.493 e. The Labute approximate surface area is 260 Å². The van der Waals surface area contributed by atoms with E-state index in [1.807, 2.05) is 98.1 Å². The molecule has 0 saturated carbocycles. The highest BCUT2D eigenvalue weighted by atomic mass is 32.2. The van der Waals surface area contributed by atoms with E-state index in [0.717, 1.165) is 55.1 Å². The summed E-state index contributed by atoms with van der Waals surface area (Å²) in [6, 6.07) is 31.8. The van der Waals surface area contributed by atoms with Crippen LogP contribution in [0.1, 0.15) is 47.8 Å². The molecule has 0 unspecified atom stereocenters. The van der Waals surface area contributed by atoms with Crippen molar-refractivity contribution in [2.24, 2.45) is 5.16 Å². The van der Waals surface area contributed by atoms with Gasteiger partial charge in [0.15, 0.2) is 5.78 Å². The lowest BCUT2D eigenvalue weighted by molar-refractivity contribution is -0.140. The molecule has 6 aromatic rings. The van der Waals surface area contributed by atoms with E-state index in [0.29, 0.717) is 29.2 Å². The van der Waals surface area contributed by atoms with E-state index >= 15 is 0 Å². The highest BCUT2D eigenvalue weighted by molar-refractivity contribution is 7.98. The van der Waals surface area contributed by atoms with Gasteiger partial charge in [-0.2, -0.15) is 0 Å². The number of benzene rings is 5. The Morgan fingerprint density at radius 1 is 0.773 bits per heavy atom. The predicted octanol–water partition coefficient (Wildman–Crippen LogP) is 8.63. The Kier molecular flexibility index (Phi) is 8.22. The number of nitrogens with zero attached hydrogens (tertiary/aromatic N) is 2. The van der Waals surface area contributed by atoms with Gasteiger partial charge in [-0.15, -0.1) is 11.8 Å². The van der Waals surface area contributed by atoms with Crippen LogP contribution in [0, 0.1) is 0 Å².